The third-order valence-corrected chi connectivity index (χ3v) is 4.37. The predicted molar refractivity (Wildman–Crippen MR) is 93.0 cm³/mol. The van der Waals surface area contributed by atoms with Crippen LogP contribution in [0.15, 0.2) is 53.1 Å². The molecule has 108 valence electrons. The Kier molecular flexibility index (Phi) is 4.34. The Bertz CT molecular complexity index is 762. The van der Waals surface area contributed by atoms with Crippen molar-refractivity contribution in [2.75, 3.05) is 6.54 Å². The van der Waals surface area contributed by atoms with Crippen LogP contribution in [-0.4, -0.2) is 11.1 Å². The summed E-state index contributed by atoms with van der Waals surface area (Å²) in [7, 11) is 0. The monoisotopic (exact) mass is 362 g/mol. The summed E-state index contributed by atoms with van der Waals surface area (Å²) in [6.45, 7) is 1.48. The van der Waals surface area contributed by atoms with Crippen LogP contribution in [0.5, 0.6) is 0 Å². The molecule has 1 heterocycles. The van der Waals surface area contributed by atoms with Crippen LogP contribution in [0.2, 0.25) is 5.02 Å². The summed E-state index contributed by atoms with van der Waals surface area (Å²) in [6.07, 6.45) is 3.07. The van der Waals surface area contributed by atoms with Crippen molar-refractivity contribution in [3.63, 3.8) is 0 Å². The highest BCUT2D eigenvalue weighted by molar-refractivity contribution is 9.10. The average molecular weight is 364 g/mol. The van der Waals surface area contributed by atoms with Gasteiger partial charge in [-0.3, -0.25) is 0 Å². The second-order valence-electron chi connectivity index (χ2n) is 5.11. The number of halogens is 2. The molecule has 0 saturated carbocycles. The highest BCUT2D eigenvalue weighted by Crippen LogP contribution is 2.26. The van der Waals surface area contributed by atoms with Gasteiger partial charge >= 0.3 is 0 Å². The Balaban J connectivity index is 2.04. The first-order chi connectivity index (χ1) is 10.2. The summed E-state index contributed by atoms with van der Waals surface area (Å²) in [5.41, 5.74) is 9.42. The van der Waals surface area contributed by atoms with Gasteiger partial charge in [0, 0.05) is 27.6 Å². The maximum atomic E-state index is 6.16. The van der Waals surface area contributed by atoms with E-state index in [2.05, 4.69) is 57.0 Å². The number of hydrogen-bond acceptors (Lipinski definition) is 1. The predicted octanol–water partition coefficient (Wildman–Crippen LogP) is 4.61. The molecule has 0 aliphatic rings. The number of rotatable bonds is 4. The van der Waals surface area contributed by atoms with Gasteiger partial charge in [-0.05, 0) is 48.4 Å². The molecule has 21 heavy (non-hydrogen) atoms. The number of fused-ring (bicyclic) bond motifs is 1. The van der Waals surface area contributed by atoms with Crippen LogP contribution in [-0.2, 0) is 13.0 Å². The van der Waals surface area contributed by atoms with E-state index in [-0.39, 0.29) is 0 Å². The van der Waals surface area contributed by atoms with Crippen LogP contribution in [0.4, 0.5) is 0 Å². The van der Waals surface area contributed by atoms with Crippen LogP contribution in [0.25, 0.3) is 10.9 Å². The minimum Gasteiger partial charge on any atom is -0.343 e. The molecule has 0 aliphatic carbocycles. The van der Waals surface area contributed by atoms with E-state index in [9.17, 15) is 0 Å². The quantitative estimate of drug-likeness (QED) is 0.721. The maximum Gasteiger partial charge on any atom is 0.0501 e. The molecule has 0 bridgehead atoms. The Morgan fingerprint density at radius 2 is 1.86 bits per heavy atom. The van der Waals surface area contributed by atoms with Gasteiger partial charge in [-0.1, -0.05) is 45.7 Å². The van der Waals surface area contributed by atoms with Gasteiger partial charge in [-0.25, -0.2) is 0 Å². The average Bonchev–Trinajstić information content (AvgIpc) is 2.79. The SMILES string of the molecule is NCCc1cn(Cc2ccc(Br)cc2)c2cc(Cl)ccc12. The first-order valence-corrected chi connectivity index (χ1v) is 8.06. The molecular formula is C17H16BrClN2. The summed E-state index contributed by atoms with van der Waals surface area (Å²) >= 11 is 9.62. The number of aromatic nitrogens is 1. The van der Waals surface area contributed by atoms with E-state index in [1.807, 2.05) is 12.1 Å². The van der Waals surface area contributed by atoms with Crippen molar-refractivity contribution in [3.05, 3.63) is 69.3 Å². The fraction of sp³-hybridized carbons (Fsp3) is 0.176. The minimum atomic E-state index is 0.653. The topological polar surface area (TPSA) is 30.9 Å². The number of nitrogens with two attached hydrogens (primary N) is 1. The van der Waals surface area contributed by atoms with Crippen molar-refractivity contribution in [1.82, 2.24) is 4.57 Å². The van der Waals surface area contributed by atoms with Crippen LogP contribution >= 0.6 is 27.5 Å². The molecule has 0 aliphatic heterocycles. The van der Waals surface area contributed by atoms with E-state index in [4.69, 9.17) is 17.3 Å². The summed E-state index contributed by atoms with van der Waals surface area (Å²) in [5, 5.41) is 2.00. The Morgan fingerprint density at radius 3 is 2.57 bits per heavy atom. The van der Waals surface area contributed by atoms with Crippen LogP contribution in [0.3, 0.4) is 0 Å². The van der Waals surface area contributed by atoms with Gasteiger partial charge in [0.15, 0.2) is 0 Å². The van der Waals surface area contributed by atoms with Gasteiger partial charge in [0.1, 0.15) is 0 Å². The molecule has 0 amide bonds. The first kappa shape index (κ1) is 14.6. The van der Waals surface area contributed by atoms with Crippen molar-refractivity contribution in [2.24, 2.45) is 5.73 Å². The summed E-state index contributed by atoms with van der Waals surface area (Å²) < 4.78 is 3.34. The zero-order chi connectivity index (χ0) is 14.8. The van der Waals surface area contributed by atoms with E-state index >= 15 is 0 Å². The molecule has 4 heteroatoms. The fourth-order valence-electron chi connectivity index (χ4n) is 2.61. The molecule has 0 spiro atoms. The molecular weight excluding hydrogens is 348 g/mol. The first-order valence-electron chi connectivity index (χ1n) is 6.89. The maximum absolute atomic E-state index is 6.16. The minimum absolute atomic E-state index is 0.653. The lowest BCUT2D eigenvalue weighted by Gasteiger charge is -2.06. The van der Waals surface area contributed by atoms with Gasteiger partial charge < -0.3 is 10.3 Å². The van der Waals surface area contributed by atoms with Crippen molar-refractivity contribution < 1.29 is 0 Å². The van der Waals surface area contributed by atoms with Crippen molar-refractivity contribution in [3.8, 4) is 0 Å². The van der Waals surface area contributed by atoms with E-state index in [1.54, 1.807) is 0 Å². The van der Waals surface area contributed by atoms with Crippen LogP contribution in [0, 0.1) is 0 Å². The van der Waals surface area contributed by atoms with Crippen LogP contribution in [0.1, 0.15) is 11.1 Å². The molecule has 2 N–H and O–H groups in total. The highest BCUT2D eigenvalue weighted by Gasteiger charge is 2.09. The summed E-state index contributed by atoms with van der Waals surface area (Å²) in [6, 6.07) is 14.4. The Morgan fingerprint density at radius 1 is 1.10 bits per heavy atom. The highest BCUT2D eigenvalue weighted by atomic mass is 79.9. The second-order valence-corrected chi connectivity index (χ2v) is 6.46. The molecule has 0 atom stereocenters. The van der Waals surface area contributed by atoms with Gasteiger partial charge in [0.25, 0.3) is 0 Å². The standard InChI is InChI=1S/C17H16BrClN2/c18-14-3-1-12(2-4-14)10-21-11-13(7-8-20)16-6-5-15(19)9-17(16)21/h1-6,9,11H,7-8,10,20H2. The zero-order valence-electron chi connectivity index (χ0n) is 11.5. The van der Waals surface area contributed by atoms with Crippen molar-refractivity contribution in [1.29, 1.82) is 0 Å². The molecule has 1 aromatic heterocycles. The molecule has 0 unspecified atom stereocenters. The zero-order valence-corrected chi connectivity index (χ0v) is 13.9. The van der Waals surface area contributed by atoms with E-state index in [0.717, 1.165) is 28.0 Å². The van der Waals surface area contributed by atoms with E-state index in [1.165, 1.54) is 16.5 Å². The molecule has 3 rings (SSSR count). The smallest absolute Gasteiger partial charge is 0.0501 e. The van der Waals surface area contributed by atoms with Gasteiger partial charge in [0.05, 0.1) is 5.52 Å². The lowest BCUT2D eigenvalue weighted by atomic mass is 10.1. The van der Waals surface area contributed by atoms with E-state index in [0.29, 0.717) is 6.54 Å². The van der Waals surface area contributed by atoms with Crippen molar-refractivity contribution in [2.45, 2.75) is 13.0 Å². The Labute approximate surface area is 137 Å². The van der Waals surface area contributed by atoms with Gasteiger partial charge in [-0.15, -0.1) is 0 Å². The number of hydrogen-bond donors (Lipinski definition) is 1. The lowest BCUT2D eigenvalue weighted by molar-refractivity contribution is 0.827. The second kappa shape index (κ2) is 6.22. The summed E-state index contributed by atoms with van der Waals surface area (Å²) in [5.74, 6) is 0. The molecule has 2 nitrogen and oxygen atoms in total. The molecule has 2 aromatic carbocycles. The molecule has 0 radical (unpaired) electrons. The van der Waals surface area contributed by atoms with Gasteiger partial charge in [0.2, 0.25) is 0 Å². The number of benzene rings is 2. The fourth-order valence-corrected chi connectivity index (χ4v) is 3.04. The van der Waals surface area contributed by atoms with Crippen LogP contribution < -0.4 is 5.73 Å². The molecule has 0 saturated heterocycles. The Hall–Kier alpha value is -1.29. The third kappa shape index (κ3) is 3.15. The van der Waals surface area contributed by atoms with Gasteiger partial charge in [-0.2, -0.15) is 0 Å². The normalized spacial score (nSPS) is 11.2. The molecule has 0 fully saturated rings. The third-order valence-electron chi connectivity index (χ3n) is 3.61. The van der Waals surface area contributed by atoms with Crippen molar-refractivity contribution >= 4 is 38.4 Å². The van der Waals surface area contributed by atoms with E-state index < -0.39 is 0 Å². The largest absolute Gasteiger partial charge is 0.343 e. The summed E-state index contributed by atoms with van der Waals surface area (Å²) in [4.78, 5) is 0. The lowest BCUT2D eigenvalue weighted by Crippen LogP contribution is -2.02. The number of nitrogens with zero attached hydrogens (tertiary/aromatic N) is 1. The molecule has 3 aromatic rings.